The fourth-order valence-electron chi connectivity index (χ4n) is 4.44. The molecule has 1 saturated heterocycles. The van der Waals surface area contributed by atoms with Crippen molar-refractivity contribution in [2.24, 2.45) is 0 Å². The Kier molecular flexibility index (Phi) is 6.73. The molecule has 1 fully saturated rings. The molecule has 2 aromatic rings. The molecule has 4 rings (SSSR count). The molecule has 0 unspecified atom stereocenters. The maximum absolute atomic E-state index is 13.9. The van der Waals surface area contributed by atoms with Crippen LogP contribution >= 0.6 is 0 Å². The van der Waals surface area contributed by atoms with E-state index in [2.05, 4.69) is 5.32 Å². The third kappa shape index (κ3) is 4.64. The molecule has 1 N–H and O–H groups in total. The van der Waals surface area contributed by atoms with E-state index in [1.54, 1.807) is 0 Å². The quantitative estimate of drug-likeness (QED) is 0.614. The molecule has 0 radical (unpaired) electrons. The highest BCUT2D eigenvalue weighted by Gasteiger charge is 2.47. The van der Waals surface area contributed by atoms with Crippen LogP contribution in [0.4, 0.5) is 26.3 Å². The van der Waals surface area contributed by atoms with Gasteiger partial charge in [-0.15, -0.1) is 0 Å². The fraction of sp³-hybridized carbons (Fsp3) is 0.409. The van der Waals surface area contributed by atoms with Gasteiger partial charge in [0.1, 0.15) is 29.6 Å². The summed E-state index contributed by atoms with van der Waals surface area (Å²) in [7, 11) is 1.01. The molecular formula is C22H19F6N3O5. The molecule has 14 heteroatoms. The highest BCUT2D eigenvalue weighted by Crippen LogP contribution is 2.37. The van der Waals surface area contributed by atoms with E-state index in [1.165, 1.54) is 4.57 Å². The van der Waals surface area contributed by atoms with Gasteiger partial charge in [0.2, 0.25) is 5.43 Å². The van der Waals surface area contributed by atoms with Crippen LogP contribution in [0.5, 0.6) is 5.75 Å². The van der Waals surface area contributed by atoms with E-state index >= 15 is 0 Å². The topological polar surface area (TPSA) is 89.9 Å². The van der Waals surface area contributed by atoms with E-state index in [1.807, 2.05) is 0 Å². The molecule has 3 heterocycles. The van der Waals surface area contributed by atoms with Crippen molar-refractivity contribution >= 4 is 11.8 Å². The molecule has 2 amide bonds. The number of hydrogen-bond acceptors (Lipinski definition) is 5. The third-order valence-corrected chi connectivity index (χ3v) is 6.03. The lowest BCUT2D eigenvalue weighted by Gasteiger charge is -2.45. The van der Waals surface area contributed by atoms with Gasteiger partial charge < -0.3 is 24.3 Å². The van der Waals surface area contributed by atoms with Gasteiger partial charge in [-0.05, 0) is 6.42 Å². The number of rotatable bonds is 5. The molecule has 8 nitrogen and oxygen atoms in total. The number of amides is 2. The van der Waals surface area contributed by atoms with Crippen molar-refractivity contribution in [2.75, 3.05) is 26.9 Å². The summed E-state index contributed by atoms with van der Waals surface area (Å²) in [6.45, 7) is -2.37. The lowest BCUT2D eigenvalue weighted by molar-refractivity contribution is -0.153. The predicted octanol–water partition coefficient (Wildman–Crippen LogP) is 2.55. The Balaban J connectivity index is 1.74. The van der Waals surface area contributed by atoms with Gasteiger partial charge in [0.25, 0.3) is 11.8 Å². The van der Waals surface area contributed by atoms with Crippen molar-refractivity contribution < 1.29 is 45.4 Å². The Morgan fingerprint density at radius 2 is 1.83 bits per heavy atom. The fourth-order valence-corrected chi connectivity index (χ4v) is 4.44. The first-order valence-electron chi connectivity index (χ1n) is 10.6. The van der Waals surface area contributed by atoms with Gasteiger partial charge in [0.15, 0.2) is 11.4 Å². The Morgan fingerprint density at radius 3 is 2.44 bits per heavy atom. The van der Waals surface area contributed by atoms with Crippen LogP contribution in [0.25, 0.3) is 0 Å². The van der Waals surface area contributed by atoms with Crippen LogP contribution in [-0.2, 0) is 11.3 Å². The van der Waals surface area contributed by atoms with Crippen LogP contribution in [0, 0.1) is 17.5 Å². The second-order valence-corrected chi connectivity index (χ2v) is 8.24. The first-order chi connectivity index (χ1) is 16.9. The van der Waals surface area contributed by atoms with Crippen molar-refractivity contribution in [1.82, 2.24) is 14.8 Å². The summed E-state index contributed by atoms with van der Waals surface area (Å²) in [5, 5.41) is 2.16. The van der Waals surface area contributed by atoms with E-state index in [9.17, 15) is 40.7 Å². The molecule has 1 aromatic heterocycles. The van der Waals surface area contributed by atoms with E-state index in [-0.39, 0.29) is 19.6 Å². The summed E-state index contributed by atoms with van der Waals surface area (Å²) in [5.74, 6) is -6.54. The highest BCUT2D eigenvalue weighted by molar-refractivity contribution is 5.99. The molecule has 0 saturated carbocycles. The van der Waals surface area contributed by atoms with Crippen molar-refractivity contribution in [2.45, 2.75) is 31.2 Å². The van der Waals surface area contributed by atoms with E-state index < -0.39 is 88.6 Å². The minimum Gasteiger partial charge on any atom is -0.491 e. The van der Waals surface area contributed by atoms with Gasteiger partial charge in [-0.2, -0.15) is 13.2 Å². The van der Waals surface area contributed by atoms with Crippen molar-refractivity contribution in [1.29, 1.82) is 0 Å². The Bertz CT molecular complexity index is 1260. The van der Waals surface area contributed by atoms with Crippen molar-refractivity contribution in [3.05, 3.63) is 62.8 Å². The largest absolute Gasteiger partial charge is 0.491 e. The SMILES string of the molecule is COc1c2n(cc(C(=O)NCc3c(F)cc(F)cc3F)c1=O)[C@H]1CCOC[C@H]1N(CC(F)(F)F)C2=O. The number of nitrogens with zero attached hydrogens (tertiary/aromatic N) is 2. The molecular weight excluding hydrogens is 500 g/mol. The Morgan fingerprint density at radius 1 is 1.17 bits per heavy atom. The van der Waals surface area contributed by atoms with Crippen molar-refractivity contribution in [3.63, 3.8) is 0 Å². The summed E-state index contributed by atoms with van der Waals surface area (Å²) in [5.41, 5.74) is -2.78. The minimum atomic E-state index is -4.72. The molecule has 2 aliphatic rings. The number of carbonyl (C=O) groups excluding carboxylic acids is 2. The average Bonchev–Trinajstić information content (AvgIpc) is 2.79. The molecule has 0 spiro atoms. The van der Waals surface area contributed by atoms with Crippen LogP contribution in [-0.4, -0.2) is 60.4 Å². The number of alkyl halides is 3. The monoisotopic (exact) mass is 519 g/mol. The lowest BCUT2D eigenvalue weighted by atomic mass is 9.95. The number of pyridine rings is 1. The smallest absolute Gasteiger partial charge is 0.406 e. The first-order valence-corrected chi connectivity index (χ1v) is 10.6. The molecule has 36 heavy (non-hydrogen) atoms. The first kappa shape index (κ1) is 25.5. The van der Waals surface area contributed by atoms with Crippen LogP contribution in [0.15, 0.2) is 23.1 Å². The van der Waals surface area contributed by atoms with E-state index in [0.717, 1.165) is 13.3 Å². The number of carbonyl (C=O) groups is 2. The second kappa shape index (κ2) is 9.48. The molecule has 2 atom stereocenters. The molecule has 0 aliphatic carbocycles. The normalized spacial score (nSPS) is 19.5. The third-order valence-electron chi connectivity index (χ3n) is 6.03. The maximum atomic E-state index is 13.9. The van der Waals surface area contributed by atoms with Gasteiger partial charge >= 0.3 is 6.18 Å². The number of fused-ring (bicyclic) bond motifs is 3. The summed E-state index contributed by atoms with van der Waals surface area (Å²) < 4.78 is 92.2. The lowest BCUT2D eigenvalue weighted by Crippen LogP contribution is -2.58. The average molecular weight is 519 g/mol. The van der Waals surface area contributed by atoms with Crippen LogP contribution in [0.3, 0.4) is 0 Å². The zero-order valence-electron chi connectivity index (χ0n) is 18.6. The number of methoxy groups -OCH3 is 1. The summed E-state index contributed by atoms with van der Waals surface area (Å²) in [6, 6.07) is -0.969. The molecule has 194 valence electrons. The number of halogens is 6. The van der Waals surface area contributed by atoms with E-state index in [0.29, 0.717) is 17.0 Å². The van der Waals surface area contributed by atoms with Crippen LogP contribution < -0.4 is 15.5 Å². The number of aromatic nitrogens is 1. The standard InChI is InChI=1S/C22H19F6N3O5/c1-35-19-17-21(34)31(9-22(26,27)28)16-8-36-3-2-15(16)30(17)7-12(18(19)32)20(33)29-6-11-13(24)4-10(23)5-14(11)25/h4-5,7,15-16H,2-3,6,8-9H2,1H3,(H,29,33)/t15-,16+/m0/s1. The predicted molar refractivity (Wildman–Crippen MR) is 110 cm³/mol. The summed E-state index contributed by atoms with van der Waals surface area (Å²) in [4.78, 5) is 39.5. The van der Waals surface area contributed by atoms with E-state index in [4.69, 9.17) is 9.47 Å². The Hall–Kier alpha value is -3.55. The van der Waals surface area contributed by atoms with Gasteiger partial charge in [-0.25, -0.2) is 13.2 Å². The number of benzene rings is 1. The number of nitrogens with one attached hydrogen (secondary N) is 1. The summed E-state index contributed by atoms with van der Waals surface area (Å²) >= 11 is 0. The number of ether oxygens (including phenoxy) is 2. The maximum Gasteiger partial charge on any atom is 0.406 e. The molecule has 0 bridgehead atoms. The molecule has 2 aliphatic heterocycles. The van der Waals surface area contributed by atoms with Gasteiger partial charge in [-0.3, -0.25) is 14.4 Å². The van der Waals surface area contributed by atoms with Gasteiger partial charge in [-0.1, -0.05) is 0 Å². The Labute approximate surface area is 199 Å². The van der Waals surface area contributed by atoms with Crippen molar-refractivity contribution in [3.8, 4) is 5.75 Å². The van der Waals surface area contributed by atoms with Crippen LogP contribution in [0.2, 0.25) is 0 Å². The van der Waals surface area contributed by atoms with Gasteiger partial charge in [0, 0.05) is 37.0 Å². The minimum absolute atomic E-state index is 0.147. The van der Waals surface area contributed by atoms with Gasteiger partial charge in [0.05, 0.1) is 25.8 Å². The summed E-state index contributed by atoms with van der Waals surface area (Å²) in [6.07, 6.45) is -3.55. The molecule has 1 aromatic carbocycles. The zero-order valence-corrected chi connectivity index (χ0v) is 18.6. The highest BCUT2D eigenvalue weighted by atomic mass is 19.4. The van der Waals surface area contributed by atoms with Crippen LogP contribution in [0.1, 0.15) is 38.9 Å². The zero-order chi connectivity index (χ0) is 26.4. The number of hydrogen-bond donors (Lipinski definition) is 1. The second-order valence-electron chi connectivity index (χ2n) is 8.24.